The number of hydrogen-bond donors (Lipinski definition) is 2. The topological polar surface area (TPSA) is 77.0 Å². The third kappa shape index (κ3) is 9.94. The van der Waals surface area contributed by atoms with Gasteiger partial charge >= 0.3 is 0 Å². The standard InChI is InChI=1S/C35H37NO5/c1-2-21-36-23-30(37)26-41-35-20-18-32(40-25-29-11-7-4-8-12-29)22-33(35)34(38)19-15-27-13-16-31(17-14-27)39-24-28-9-5-3-6-10-28/h3-20,22,30,36-37H,2,21,23-26H2,1H3/b19-15+. The van der Waals surface area contributed by atoms with Gasteiger partial charge in [-0.15, -0.1) is 0 Å². The van der Waals surface area contributed by atoms with Crippen LogP contribution in [0.4, 0.5) is 0 Å². The van der Waals surface area contributed by atoms with Gasteiger partial charge in [0.25, 0.3) is 0 Å². The molecule has 0 aliphatic heterocycles. The molecule has 212 valence electrons. The highest BCUT2D eigenvalue weighted by Gasteiger charge is 2.14. The first-order valence-electron chi connectivity index (χ1n) is 13.9. The predicted octanol–water partition coefficient (Wildman–Crippen LogP) is 6.48. The molecule has 1 unspecified atom stereocenters. The molecule has 4 aromatic carbocycles. The van der Waals surface area contributed by atoms with Crippen LogP contribution in [0.5, 0.6) is 17.2 Å². The summed E-state index contributed by atoms with van der Waals surface area (Å²) in [7, 11) is 0. The van der Waals surface area contributed by atoms with Gasteiger partial charge in [0.2, 0.25) is 0 Å². The van der Waals surface area contributed by atoms with E-state index in [-0.39, 0.29) is 12.4 Å². The summed E-state index contributed by atoms with van der Waals surface area (Å²) in [5.74, 6) is 1.48. The van der Waals surface area contributed by atoms with Crippen LogP contribution in [0.25, 0.3) is 6.08 Å². The second-order valence-corrected chi connectivity index (χ2v) is 9.64. The number of aliphatic hydroxyl groups is 1. The van der Waals surface area contributed by atoms with Gasteiger partial charge in [-0.2, -0.15) is 0 Å². The Morgan fingerprint density at radius 2 is 1.41 bits per heavy atom. The first-order chi connectivity index (χ1) is 20.1. The van der Waals surface area contributed by atoms with Gasteiger partial charge < -0.3 is 24.6 Å². The van der Waals surface area contributed by atoms with Crippen molar-refractivity contribution in [1.82, 2.24) is 5.32 Å². The maximum atomic E-state index is 13.3. The first kappa shape index (κ1) is 29.6. The van der Waals surface area contributed by atoms with E-state index < -0.39 is 6.10 Å². The monoisotopic (exact) mass is 551 g/mol. The molecule has 2 N–H and O–H groups in total. The summed E-state index contributed by atoms with van der Waals surface area (Å²) < 4.78 is 17.7. The fourth-order valence-corrected chi connectivity index (χ4v) is 4.03. The third-order valence-electron chi connectivity index (χ3n) is 6.26. The maximum Gasteiger partial charge on any atom is 0.189 e. The van der Waals surface area contributed by atoms with E-state index in [0.29, 0.717) is 36.8 Å². The van der Waals surface area contributed by atoms with Crippen LogP contribution in [0.15, 0.2) is 109 Å². The zero-order chi connectivity index (χ0) is 28.7. The Kier molecular flexibility index (Phi) is 11.6. The van der Waals surface area contributed by atoms with E-state index in [4.69, 9.17) is 14.2 Å². The zero-order valence-corrected chi connectivity index (χ0v) is 23.4. The van der Waals surface area contributed by atoms with Crippen molar-refractivity contribution in [2.75, 3.05) is 19.7 Å². The minimum absolute atomic E-state index is 0.0649. The SMILES string of the molecule is CCCNCC(O)COc1ccc(OCc2ccccc2)cc1C(=O)/C=C/c1ccc(OCc2ccccc2)cc1. The fourth-order valence-electron chi connectivity index (χ4n) is 4.03. The van der Waals surface area contributed by atoms with Crippen LogP contribution in [0.2, 0.25) is 0 Å². The quantitative estimate of drug-likeness (QED) is 0.0943. The zero-order valence-electron chi connectivity index (χ0n) is 23.4. The van der Waals surface area contributed by atoms with Gasteiger partial charge in [0.05, 0.1) is 5.56 Å². The minimum Gasteiger partial charge on any atom is -0.490 e. The molecular formula is C35H37NO5. The van der Waals surface area contributed by atoms with Crippen LogP contribution in [-0.4, -0.2) is 36.7 Å². The number of nitrogens with one attached hydrogen (secondary N) is 1. The van der Waals surface area contributed by atoms with Crippen LogP contribution in [0.3, 0.4) is 0 Å². The van der Waals surface area contributed by atoms with Gasteiger partial charge in [-0.25, -0.2) is 0 Å². The Bertz CT molecular complexity index is 1370. The molecule has 0 fully saturated rings. The summed E-state index contributed by atoms with van der Waals surface area (Å²) in [5.41, 5.74) is 3.35. The Balaban J connectivity index is 1.42. The van der Waals surface area contributed by atoms with E-state index in [9.17, 15) is 9.90 Å². The lowest BCUT2D eigenvalue weighted by molar-refractivity contribution is 0.0994. The normalized spacial score (nSPS) is 11.8. The average molecular weight is 552 g/mol. The summed E-state index contributed by atoms with van der Waals surface area (Å²) in [6, 6.07) is 32.6. The van der Waals surface area contributed by atoms with Crippen molar-refractivity contribution in [2.24, 2.45) is 0 Å². The molecule has 0 amide bonds. The second kappa shape index (κ2) is 16.0. The van der Waals surface area contributed by atoms with E-state index in [1.807, 2.05) is 84.9 Å². The van der Waals surface area contributed by atoms with E-state index in [1.165, 1.54) is 6.08 Å². The molecule has 4 rings (SSSR count). The highest BCUT2D eigenvalue weighted by atomic mass is 16.5. The van der Waals surface area contributed by atoms with Crippen molar-refractivity contribution in [3.8, 4) is 17.2 Å². The highest BCUT2D eigenvalue weighted by molar-refractivity contribution is 6.08. The smallest absolute Gasteiger partial charge is 0.189 e. The van der Waals surface area contributed by atoms with Crippen LogP contribution in [-0.2, 0) is 13.2 Å². The van der Waals surface area contributed by atoms with Crippen molar-refractivity contribution in [3.63, 3.8) is 0 Å². The number of aliphatic hydroxyl groups excluding tert-OH is 1. The summed E-state index contributed by atoms with van der Waals surface area (Å²) in [6.45, 7) is 4.24. The molecular weight excluding hydrogens is 514 g/mol. The number of carbonyl (C=O) groups excluding carboxylic acids is 1. The minimum atomic E-state index is -0.698. The lowest BCUT2D eigenvalue weighted by Crippen LogP contribution is -2.32. The Morgan fingerprint density at radius 1 is 0.805 bits per heavy atom. The van der Waals surface area contributed by atoms with Crippen LogP contribution >= 0.6 is 0 Å². The predicted molar refractivity (Wildman–Crippen MR) is 162 cm³/mol. The van der Waals surface area contributed by atoms with E-state index in [2.05, 4.69) is 12.2 Å². The number of allylic oxidation sites excluding steroid dienone is 1. The summed E-state index contributed by atoms with van der Waals surface area (Å²) in [6.07, 6.45) is 3.56. The fraction of sp³-hybridized carbons (Fsp3) is 0.229. The lowest BCUT2D eigenvalue weighted by atomic mass is 10.1. The van der Waals surface area contributed by atoms with Crippen molar-refractivity contribution in [3.05, 3.63) is 131 Å². The molecule has 0 aliphatic carbocycles. The molecule has 4 aromatic rings. The molecule has 0 saturated carbocycles. The molecule has 41 heavy (non-hydrogen) atoms. The molecule has 0 saturated heterocycles. The molecule has 0 aliphatic rings. The van der Waals surface area contributed by atoms with Gasteiger partial charge in [0.1, 0.15) is 43.2 Å². The van der Waals surface area contributed by atoms with Crippen molar-refractivity contribution in [1.29, 1.82) is 0 Å². The largest absolute Gasteiger partial charge is 0.490 e. The summed E-state index contributed by atoms with van der Waals surface area (Å²) in [4.78, 5) is 13.3. The Hall–Kier alpha value is -4.39. The number of rotatable bonds is 16. The molecule has 0 spiro atoms. The van der Waals surface area contributed by atoms with Crippen molar-refractivity contribution >= 4 is 11.9 Å². The van der Waals surface area contributed by atoms with E-state index in [0.717, 1.165) is 35.4 Å². The van der Waals surface area contributed by atoms with Crippen LogP contribution in [0.1, 0.15) is 40.4 Å². The van der Waals surface area contributed by atoms with E-state index in [1.54, 1.807) is 24.3 Å². The number of ketones is 1. The Morgan fingerprint density at radius 3 is 2.05 bits per heavy atom. The number of ether oxygens (including phenoxy) is 3. The Labute approximate surface area is 242 Å². The van der Waals surface area contributed by atoms with Crippen molar-refractivity contribution < 1.29 is 24.1 Å². The maximum absolute atomic E-state index is 13.3. The molecule has 1 atom stereocenters. The van der Waals surface area contributed by atoms with Gasteiger partial charge in [-0.3, -0.25) is 4.79 Å². The van der Waals surface area contributed by atoms with E-state index >= 15 is 0 Å². The molecule has 6 heteroatoms. The van der Waals surface area contributed by atoms with Crippen LogP contribution < -0.4 is 19.5 Å². The lowest BCUT2D eigenvalue weighted by Gasteiger charge is -2.16. The van der Waals surface area contributed by atoms with Gasteiger partial charge in [-0.1, -0.05) is 85.8 Å². The highest BCUT2D eigenvalue weighted by Crippen LogP contribution is 2.27. The average Bonchev–Trinajstić information content (AvgIpc) is 3.02. The molecule has 0 bridgehead atoms. The number of carbonyl (C=O) groups is 1. The van der Waals surface area contributed by atoms with Crippen molar-refractivity contribution in [2.45, 2.75) is 32.7 Å². The van der Waals surface area contributed by atoms with Gasteiger partial charge in [0.15, 0.2) is 5.78 Å². The number of hydrogen-bond acceptors (Lipinski definition) is 6. The summed E-state index contributed by atoms with van der Waals surface area (Å²) >= 11 is 0. The van der Waals surface area contributed by atoms with Gasteiger partial charge in [0, 0.05) is 6.54 Å². The molecule has 0 aromatic heterocycles. The van der Waals surface area contributed by atoms with Gasteiger partial charge in [-0.05, 0) is 66.1 Å². The molecule has 0 heterocycles. The third-order valence-corrected chi connectivity index (χ3v) is 6.26. The molecule has 6 nitrogen and oxygen atoms in total. The number of benzene rings is 4. The summed E-state index contributed by atoms with van der Waals surface area (Å²) in [5, 5.41) is 13.5. The first-order valence-corrected chi connectivity index (χ1v) is 13.9. The molecule has 0 radical (unpaired) electrons. The van der Waals surface area contributed by atoms with Crippen LogP contribution in [0, 0.1) is 0 Å². The second-order valence-electron chi connectivity index (χ2n) is 9.64.